The summed E-state index contributed by atoms with van der Waals surface area (Å²) in [4.78, 5) is 11.9. The van der Waals surface area contributed by atoms with E-state index in [4.69, 9.17) is 4.74 Å². The lowest BCUT2D eigenvalue weighted by Gasteiger charge is -2.11. The molecule has 126 valence electrons. The molecule has 3 aromatic rings. The number of fused-ring (bicyclic) bond motifs is 1. The highest BCUT2D eigenvalue weighted by molar-refractivity contribution is 5.75. The lowest BCUT2D eigenvalue weighted by molar-refractivity contribution is 0.0179. The van der Waals surface area contributed by atoms with Crippen LogP contribution in [0.25, 0.3) is 10.9 Å². The average Bonchev–Trinajstić information content (AvgIpc) is 2.96. The summed E-state index contributed by atoms with van der Waals surface area (Å²) in [6.45, 7) is 0.269. The van der Waals surface area contributed by atoms with Crippen LogP contribution < -0.4 is 5.56 Å². The zero-order valence-corrected chi connectivity index (χ0v) is 13.1. The zero-order valence-electron chi connectivity index (χ0n) is 13.1. The molecule has 0 aliphatic carbocycles. The molecule has 0 amide bonds. The first-order chi connectivity index (χ1) is 11.5. The minimum atomic E-state index is -0.831. The molecule has 0 radical (unpaired) electrons. The molecule has 0 saturated carbocycles. The maximum Gasteiger partial charge on any atom is 0.294 e. The number of rotatable bonds is 6. The van der Waals surface area contributed by atoms with E-state index in [1.54, 1.807) is 37.6 Å². The molecule has 2 aromatic heterocycles. The van der Waals surface area contributed by atoms with Gasteiger partial charge < -0.3 is 9.84 Å². The molecule has 7 nitrogen and oxygen atoms in total. The van der Waals surface area contributed by atoms with Crippen LogP contribution in [-0.2, 0) is 24.9 Å². The first kappa shape index (κ1) is 16.3. The molecule has 0 saturated heterocycles. The van der Waals surface area contributed by atoms with Crippen LogP contribution in [0.2, 0.25) is 0 Å². The van der Waals surface area contributed by atoms with E-state index in [1.807, 2.05) is 0 Å². The fourth-order valence-corrected chi connectivity index (χ4v) is 2.33. The van der Waals surface area contributed by atoms with Crippen LogP contribution in [0.5, 0.6) is 0 Å². The Morgan fingerprint density at radius 1 is 1.38 bits per heavy atom. The second-order valence-electron chi connectivity index (χ2n) is 5.49. The van der Waals surface area contributed by atoms with Crippen LogP contribution in [0.4, 0.5) is 4.39 Å². The second-order valence-corrected chi connectivity index (χ2v) is 5.49. The third kappa shape index (κ3) is 3.50. The molecule has 2 heterocycles. The first-order valence-corrected chi connectivity index (χ1v) is 7.43. The monoisotopic (exact) mass is 332 g/mol. The van der Waals surface area contributed by atoms with Crippen molar-refractivity contribution >= 4 is 10.9 Å². The van der Waals surface area contributed by atoms with Gasteiger partial charge in [0, 0.05) is 24.2 Å². The Hall–Kier alpha value is -2.58. The SMILES string of the molecule is Cn1ncc2cn(CC(O)COCc3ccccc3F)nc2c1=O. The molecule has 1 N–H and O–H groups in total. The summed E-state index contributed by atoms with van der Waals surface area (Å²) in [6, 6.07) is 6.32. The van der Waals surface area contributed by atoms with Crippen molar-refractivity contribution in [1.29, 1.82) is 0 Å². The van der Waals surface area contributed by atoms with Crippen molar-refractivity contribution in [3.05, 3.63) is 58.4 Å². The van der Waals surface area contributed by atoms with E-state index in [0.717, 1.165) is 0 Å². The first-order valence-electron chi connectivity index (χ1n) is 7.43. The Morgan fingerprint density at radius 2 is 2.17 bits per heavy atom. The number of aryl methyl sites for hydroxylation is 1. The van der Waals surface area contributed by atoms with E-state index >= 15 is 0 Å². The normalized spacial score (nSPS) is 12.6. The molecule has 0 aliphatic heterocycles. The van der Waals surface area contributed by atoms with Crippen LogP contribution in [-0.4, -0.2) is 37.4 Å². The van der Waals surface area contributed by atoms with Crippen molar-refractivity contribution in [2.45, 2.75) is 19.3 Å². The van der Waals surface area contributed by atoms with E-state index in [1.165, 1.54) is 15.4 Å². The molecule has 24 heavy (non-hydrogen) atoms. The van der Waals surface area contributed by atoms with E-state index in [2.05, 4.69) is 10.2 Å². The topological polar surface area (TPSA) is 82.2 Å². The van der Waals surface area contributed by atoms with E-state index in [9.17, 15) is 14.3 Å². The number of halogens is 1. The van der Waals surface area contributed by atoms with Crippen LogP contribution >= 0.6 is 0 Å². The molecule has 0 bridgehead atoms. The summed E-state index contributed by atoms with van der Waals surface area (Å²) in [7, 11) is 1.55. The molecule has 3 rings (SSSR count). The van der Waals surface area contributed by atoms with Crippen molar-refractivity contribution in [2.24, 2.45) is 7.05 Å². The Labute approximate surface area is 136 Å². The molecule has 0 aliphatic rings. The number of aliphatic hydroxyl groups excluding tert-OH is 1. The Morgan fingerprint density at radius 3 is 2.96 bits per heavy atom. The van der Waals surface area contributed by atoms with Gasteiger partial charge in [-0.1, -0.05) is 18.2 Å². The highest BCUT2D eigenvalue weighted by Gasteiger charge is 2.11. The number of aromatic nitrogens is 4. The van der Waals surface area contributed by atoms with Gasteiger partial charge in [0.05, 0.1) is 32.1 Å². The second kappa shape index (κ2) is 6.90. The van der Waals surface area contributed by atoms with Crippen LogP contribution in [0.3, 0.4) is 0 Å². The number of nitrogens with zero attached hydrogens (tertiary/aromatic N) is 4. The van der Waals surface area contributed by atoms with E-state index in [0.29, 0.717) is 16.5 Å². The van der Waals surface area contributed by atoms with E-state index in [-0.39, 0.29) is 31.1 Å². The summed E-state index contributed by atoms with van der Waals surface area (Å²) < 4.78 is 21.5. The lowest BCUT2D eigenvalue weighted by atomic mass is 10.2. The third-order valence-electron chi connectivity index (χ3n) is 3.58. The van der Waals surface area contributed by atoms with Gasteiger partial charge in [-0.2, -0.15) is 10.2 Å². The van der Waals surface area contributed by atoms with Crippen LogP contribution in [0.1, 0.15) is 5.56 Å². The molecule has 0 spiro atoms. The van der Waals surface area contributed by atoms with Gasteiger partial charge in [-0.25, -0.2) is 9.07 Å². The highest BCUT2D eigenvalue weighted by atomic mass is 19.1. The summed E-state index contributed by atoms with van der Waals surface area (Å²) >= 11 is 0. The van der Waals surface area contributed by atoms with Gasteiger partial charge in [0.1, 0.15) is 5.82 Å². The third-order valence-corrected chi connectivity index (χ3v) is 3.58. The van der Waals surface area contributed by atoms with Crippen LogP contribution in [0, 0.1) is 5.82 Å². The zero-order chi connectivity index (χ0) is 17.1. The average molecular weight is 332 g/mol. The molecular formula is C16H17FN4O3. The molecule has 0 fully saturated rings. The minimum Gasteiger partial charge on any atom is -0.389 e. The molecular weight excluding hydrogens is 315 g/mol. The number of hydrogen-bond donors (Lipinski definition) is 1. The van der Waals surface area contributed by atoms with Gasteiger partial charge in [0.2, 0.25) is 0 Å². The molecule has 1 atom stereocenters. The largest absolute Gasteiger partial charge is 0.389 e. The van der Waals surface area contributed by atoms with E-state index < -0.39 is 6.10 Å². The number of ether oxygens (including phenoxy) is 1. The van der Waals surface area contributed by atoms with Gasteiger partial charge in [0.25, 0.3) is 5.56 Å². The quantitative estimate of drug-likeness (QED) is 0.723. The van der Waals surface area contributed by atoms with Gasteiger partial charge in [-0.05, 0) is 6.07 Å². The van der Waals surface area contributed by atoms with Gasteiger partial charge >= 0.3 is 0 Å². The number of hydrogen-bond acceptors (Lipinski definition) is 5. The fourth-order valence-electron chi connectivity index (χ4n) is 2.33. The van der Waals surface area contributed by atoms with Gasteiger partial charge in [-0.15, -0.1) is 0 Å². The summed E-state index contributed by atoms with van der Waals surface area (Å²) in [5, 5.41) is 18.7. The van der Waals surface area contributed by atoms with Gasteiger partial charge in [0.15, 0.2) is 5.52 Å². The lowest BCUT2D eigenvalue weighted by Crippen LogP contribution is -2.23. The standard InChI is InChI=1S/C16H17FN4O3/c1-20-16(23)15-12(6-18-20)7-21(19-15)8-13(22)10-24-9-11-4-2-3-5-14(11)17/h2-7,13,22H,8-10H2,1H3. The summed E-state index contributed by atoms with van der Waals surface area (Å²) in [6.07, 6.45) is 2.35. The van der Waals surface area contributed by atoms with Crippen molar-refractivity contribution < 1.29 is 14.2 Å². The van der Waals surface area contributed by atoms with Crippen molar-refractivity contribution in [3.63, 3.8) is 0 Å². The predicted molar refractivity (Wildman–Crippen MR) is 84.8 cm³/mol. The smallest absolute Gasteiger partial charge is 0.294 e. The fraction of sp³-hybridized carbons (Fsp3) is 0.312. The van der Waals surface area contributed by atoms with Crippen molar-refractivity contribution in [3.8, 4) is 0 Å². The highest BCUT2D eigenvalue weighted by Crippen LogP contribution is 2.09. The Balaban J connectivity index is 1.59. The predicted octanol–water partition coefficient (Wildman–Crippen LogP) is 0.847. The minimum absolute atomic E-state index is 0.0286. The molecule has 1 unspecified atom stereocenters. The van der Waals surface area contributed by atoms with Crippen molar-refractivity contribution in [1.82, 2.24) is 19.6 Å². The maximum atomic E-state index is 13.5. The van der Waals surface area contributed by atoms with Gasteiger partial charge in [-0.3, -0.25) is 9.48 Å². The van der Waals surface area contributed by atoms with Crippen molar-refractivity contribution in [2.75, 3.05) is 6.61 Å². The Bertz CT molecular complexity index is 906. The van der Waals surface area contributed by atoms with Crippen LogP contribution in [0.15, 0.2) is 41.5 Å². The molecule has 8 heteroatoms. The Kier molecular flexibility index (Phi) is 4.68. The summed E-state index contributed by atoms with van der Waals surface area (Å²) in [5.74, 6) is -0.339. The molecule has 1 aromatic carbocycles. The number of benzene rings is 1. The number of aliphatic hydroxyl groups is 1. The maximum absolute atomic E-state index is 13.5. The summed E-state index contributed by atoms with van der Waals surface area (Å²) in [5.41, 5.74) is 0.438.